The lowest BCUT2D eigenvalue weighted by molar-refractivity contribution is -0.149. The summed E-state index contributed by atoms with van der Waals surface area (Å²) in [6.07, 6.45) is 2.22. The maximum absolute atomic E-state index is 13.5. The van der Waals surface area contributed by atoms with E-state index < -0.39 is 35.1 Å². The highest BCUT2D eigenvalue weighted by Gasteiger charge is 2.55. The summed E-state index contributed by atoms with van der Waals surface area (Å²) < 4.78 is 26.7. The molecule has 0 spiro atoms. The zero-order valence-corrected chi connectivity index (χ0v) is 14.6. The van der Waals surface area contributed by atoms with Crippen LogP contribution in [-0.2, 0) is 4.79 Å². The van der Waals surface area contributed by atoms with Crippen molar-refractivity contribution < 1.29 is 23.5 Å². The van der Waals surface area contributed by atoms with Crippen LogP contribution in [-0.4, -0.2) is 35.1 Å². The fourth-order valence-electron chi connectivity index (χ4n) is 4.19. The number of rotatable bonds is 4. The first kappa shape index (κ1) is 18.4. The van der Waals surface area contributed by atoms with Gasteiger partial charge in [-0.15, -0.1) is 0 Å². The molecule has 1 aliphatic heterocycles. The van der Waals surface area contributed by atoms with E-state index in [4.69, 9.17) is 0 Å². The molecule has 2 N–H and O–H groups in total. The molecule has 0 bridgehead atoms. The van der Waals surface area contributed by atoms with E-state index in [1.54, 1.807) is 6.92 Å². The number of carboxylic acid groups (broad SMARTS) is 1. The lowest BCUT2D eigenvalue weighted by atomic mass is 9.81. The molecule has 1 aromatic carbocycles. The van der Waals surface area contributed by atoms with Crippen LogP contribution in [0.25, 0.3) is 0 Å². The average molecular weight is 364 g/mol. The van der Waals surface area contributed by atoms with Gasteiger partial charge in [-0.1, -0.05) is 24.6 Å². The molecule has 1 aliphatic carbocycles. The van der Waals surface area contributed by atoms with Crippen LogP contribution >= 0.6 is 0 Å². The number of hydrogen-bond donors (Lipinski definition) is 2. The number of benzene rings is 1. The monoisotopic (exact) mass is 364 g/mol. The van der Waals surface area contributed by atoms with Crippen LogP contribution in [0.2, 0.25) is 0 Å². The van der Waals surface area contributed by atoms with E-state index in [1.165, 1.54) is 11.0 Å². The summed E-state index contributed by atoms with van der Waals surface area (Å²) in [5.41, 5.74) is 0.0895. The predicted molar refractivity (Wildman–Crippen MR) is 91.4 cm³/mol. The van der Waals surface area contributed by atoms with Crippen molar-refractivity contribution in [2.75, 3.05) is 13.1 Å². The SMILES string of the molecule is C=C(C)C(NC(=O)N1C[C@@H]2CCC[C@@]2(C(=O)O)C1)c1ccc(F)c(F)c1. The number of fused-ring (bicyclic) bond motifs is 1. The number of amides is 2. The molecule has 140 valence electrons. The smallest absolute Gasteiger partial charge is 0.318 e. The van der Waals surface area contributed by atoms with E-state index in [0.29, 0.717) is 24.1 Å². The minimum atomic E-state index is -0.997. The second kappa shape index (κ2) is 6.70. The first-order chi connectivity index (χ1) is 12.2. The van der Waals surface area contributed by atoms with Gasteiger partial charge in [0.15, 0.2) is 11.6 Å². The molecule has 1 aromatic rings. The van der Waals surface area contributed by atoms with Crippen LogP contribution in [0.5, 0.6) is 0 Å². The Bertz CT molecular complexity index is 767. The van der Waals surface area contributed by atoms with Crippen molar-refractivity contribution in [3.05, 3.63) is 47.5 Å². The van der Waals surface area contributed by atoms with E-state index in [0.717, 1.165) is 25.0 Å². The highest BCUT2D eigenvalue weighted by molar-refractivity contribution is 5.81. The quantitative estimate of drug-likeness (QED) is 0.804. The third kappa shape index (κ3) is 3.06. The summed E-state index contributed by atoms with van der Waals surface area (Å²) in [5, 5.41) is 12.4. The van der Waals surface area contributed by atoms with Crippen molar-refractivity contribution in [2.45, 2.75) is 32.2 Å². The van der Waals surface area contributed by atoms with Crippen LogP contribution in [0.1, 0.15) is 37.8 Å². The maximum atomic E-state index is 13.5. The van der Waals surface area contributed by atoms with Gasteiger partial charge in [-0.2, -0.15) is 0 Å². The molecule has 1 heterocycles. The molecule has 2 amide bonds. The second-order valence-electron chi connectivity index (χ2n) is 7.33. The zero-order chi connectivity index (χ0) is 19.1. The molecule has 5 nitrogen and oxygen atoms in total. The Labute approximate surface area is 150 Å². The Balaban J connectivity index is 1.76. The van der Waals surface area contributed by atoms with Crippen LogP contribution in [0.15, 0.2) is 30.4 Å². The highest BCUT2D eigenvalue weighted by atomic mass is 19.2. The fourth-order valence-corrected chi connectivity index (χ4v) is 4.19. The summed E-state index contributed by atoms with van der Waals surface area (Å²) in [6.45, 7) is 6.06. The Morgan fingerprint density at radius 3 is 2.69 bits per heavy atom. The molecule has 3 rings (SSSR count). The van der Waals surface area contributed by atoms with Gasteiger partial charge in [-0.3, -0.25) is 4.79 Å². The number of carbonyl (C=O) groups excluding carboxylic acids is 1. The van der Waals surface area contributed by atoms with Gasteiger partial charge in [0, 0.05) is 13.1 Å². The lowest BCUT2D eigenvalue weighted by Crippen LogP contribution is -2.43. The van der Waals surface area contributed by atoms with E-state index in [-0.39, 0.29) is 12.5 Å². The molecule has 1 unspecified atom stereocenters. The summed E-state index contributed by atoms with van der Waals surface area (Å²) in [7, 11) is 0. The minimum absolute atomic E-state index is 0.0442. The number of carbonyl (C=O) groups is 2. The van der Waals surface area contributed by atoms with Crippen LogP contribution in [0.4, 0.5) is 13.6 Å². The van der Waals surface area contributed by atoms with Gasteiger partial charge in [0.05, 0.1) is 11.5 Å². The Hall–Kier alpha value is -2.44. The molecule has 2 aliphatic rings. The van der Waals surface area contributed by atoms with Crippen molar-refractivity contribution in [1.82, 2.24) is 10.2 Å². The average Bonchev–Trinajstić information content (AvgIpc) is 3.13. The molecule has 2 fully saturated rings. The predicted octanol–water partition coefficient (Wildman–Crippen LogP) is 3.48. The van der Waals surface area contributed by atoms with E-state index in [1.807, 2.05) is 0 Å². The third-order valence-electron chi connectivity index (χ3n) is 5.62. The van der Waals surface area contributed by atoms with Gasteiger partial charge >= 0.3 is 12.0 Å². The van der Waals surface area contributed by atoms with Gasteiger partial charge in [0.2, 0.25) is 0 Å². The summed E-state index contributed by atoms with van der Waals surface area (Å²) >= 11 is 0. The number of carboxylic acids is 1. The number of urea groups is 1. The number of aliphatic carboxylic acids is 1. The van der Waals surface area contributed by atoms with Crippen LogP contribution < -0.4 is 5.32 Å². The number of hydrogen-bond acceptors (Lipinski definition) is 2. The molecular formula is C19H22F2N2O3. The summed E-state index contributed by atoms with van der Waals surface area (Å²) in [5.74, 6) is -2.86. The third-order valence-corrected chi connectivity index (χ3v) is 5.62. The summed E-state index contributed by atoms with van der Waals surface area (Å²) in [6, 6.07) is 2.34. The van der Waals surface area contributed by atoms with Gasteiger partial charge in [0.25, 0.3) is 0 Å². The van der Waals surface area contributed by atoms with E-state index in [9.17, 15) is 23.5 Å². The molecule has 1 saturated heterocycles. The van der Waals surface area contributed by atoms with Gasteiger partial charge < -0.3 is 15.3 Å². The Kier molecular flexibility index (Phi) is 4.73. The number of nitrogens with one attached hydrogen (secondary N) is 1. The lowest BCUT2D eigenvalue weighted by Gasteiger charge is -2.26. The fraction of sp³-hybridized carbons (Fsp3) is 0.474. The zero-order valence-electron chi connectivity index (χ0n) is 14.6. The molecule has 26 heavy (non-hydrogen) atoms. The maximum Gasteiger partial charge on any atom is 0.318 e. The normalized spacial score (nSPS) is 25.7. The molecule has 0 aromatic heterocycles. The van der Waals surface area contributed by atoms with Crippen molar-refractivity contribution in [2.24, 2.45) is 11.3 Å². The van der Waals surface area contributed by atoms with Crippen molar-refractivity contribution in [3.8, 4) is 0 Å². The first-order valence-electron chi connectivity index (χ1n) is 8.64. The number of nitrogens with zero attached hydrogens (tertiary/aromatic N) is 1. The molecule has 3 atom stereocenters. The standard InChI is InChI=1S/C19H22F2N2O3/c1-11(2)16(12-5-6-14(20)15(21)8-12)22-18(26)23-9-13-4-3-7-19(13,10-23)17(24)25/h5-6,8,13,16H,1,3-4,7,9-10H2,2H3,(H,22,26)(H,24,25)/t13-,16?,19+/m0/s1. The molecule has 0 radical (unpaired) electrons. The Morgan fingerprint density at radius 2 is 2.12 bits per heavy atom. The van der Waals surface area contributed by atoms with E-state index in [2.05, 4.69) is 11.9 Å². The second-order valence-corrected chi connectivity index (χ2v) is 7.33. The molecule has 7 heteroatoms. The largest absolute Gasteiger partial charge is 0.481 e. The van der Waals surface area contributed by atoms with Crippen molar-refractivity contribution in [1.29, 1.82) is 0 Å². The first-order valence-corrected chi connectivity index (χ1v) is 8.64. The van der Waals surface area contributed by atoms with Crippen molar-refractivity contribution in [3.63, 3.8) is 0 Å². The van der Waals surface area contributed by atoms with Crippen molar-refractivity contribution >= 4 is 12.0 Å². The number of halogens is 2. The topological polar surface area (TPSA) is 69.6 Å². The minimum Gasteiger partial charge on any atom is -0.481 e. The molecule has 1 saturated carbocycles. The molecular weight excluding hydrogens is 342 g/mol. The highest BCUT2D eigenvalue weighted by Crippen LogP contribution is 2.48. The van der Waals surface area contributed by atoms with E-state index >= 15 is 0 Å². The van der Waals surface area contributed by atoms with Crippen LogP contribution in [0, 0.1) is 23.0 Å². The summed E-state index contributed by atoms with van der Waals surface area (Å²) in [4.78, 5) is 25.9. The van der Waals surface area contributed by atoms with Gasteiger partial charge in [-0.05, 0) is 43.4 Å². The Morgan fingerprint density at radius 1 is 1.38 bits per heavy atom. The van der Waals surface area contributed by atoms with Crippen LogP contribution in [0.3, 0.4) is 0 Å². The number of likely N-dealkylation sites (tertiary alicyclic amines) is 1. The van der Waals surface area contributed by atoms with Gasteiger partial charge in [0.1, 0.15) is 0 Å². The van der Waals surface area contributed by atoms with Gasteiger partial charge in [-0.25, -0.2) is 13.6 Å².